The molecule has 0 aliphatic carbocycles. The molecule has 0 radical (unpaired) electrons. The van der Waals surface area contributed by atoms with Crippen LogP contribution in [0.15, 0.2) is 24.0 Å². The van der Waals surface area contributed by atoms with Crippen molar-refractivity contribution >= 4 is 0 Å². The number of quaternary nitrogens is 1. The third kappa shape index (κ3) is 9.50. The standard InChI is InChI=1S/C16H29N.CN/c1-3-5-7-8-9-10-13-17-14-12-16(15-17)11-6-4-2;1-2/h12,14-15H,3-11,13H2,1-2H3;/q;-1/p+1. The highest BCUT2D eigenvalue weighted by Crippen LogP contribution is 2.09. The highest BCUT2D eigenvalue weighted by molar-refractivity contribution is 5.17. The van der Waals surface area contributed by atoms with E-state index >= 15 is 0 Å². The van der Waals surface area contributed by atoms with Crippen molar-refractivity contribution in [2.45, 2.75) is 71.6 Å². The minimum Gasteiger partial charge on any atom is -0.512 e. The average Bonchev–Trinajstić information content (AvgIpc) is 2.90. The first kappa shape index (κ1) is 17.9. The van der Waals surface area contributed by atoms with Gasteiger partial charge in [0.1, 0.15) is 6.20 Å². The Morgan fingerprint density at radius 3 is 2.26 bits per heavy atom. The highest BCUT2D eigenvalue weighted by atomic mass is 15.1. The molecule has 0 bridgehead atoms. The zero-order valence-corrected chi connectivity index (χ0v) is 12.8. The zero-order valence-electron chi connectivity index (χ0n) is 12.8. The Kier molecular flexibility index (Phi) is 12.6. The highest BCUT2D eigenvalue weighted by Gasteiger charge is 2.09. The first-order valence-electron chi connectivity index (χ1n) is 7.83. The van der Waals surface area contributed by atoms with Crippen molar-refractivity contribution in [3.8, 4) is 0 Å². The van der Waals surface area contributed by atoms with Gasteiger partial charge in [0.15, 0.2) is 0 Å². The number of nitrogens with one attached hydrogen (secondary N) is 1. The van der Waals surface area contributed by atoms with Crippen LogP contribution >= 0.6 is 0 Å². The van der Waals surface area contributed by atoms with E-state index in [0.717, 1.165) is 0 Å². The van der Waals surface area contributed by atoms with Crippen LogP contribution in [0.25, 0.3) is 0 Å². The molecule has 0 aromatic carbocycles. The van der Waals surface area contributed by atoms with Gasteiger partial charge in [0.05, 0.1) is 12.7 Å². The number of unbranched alkanes of at least 4 members (excludes halogenated alkanes) is 6. The van der Waals surface area contributed by atoms with Crippen molar-refractivity contribution in [3.63, 3.8) is 0 Å². The molecule has 1 N–H and O–H groups in total. The van der Waals surface area contributed by atoms with Gasteiger partial charge in [-0.2, -0.15) is 0 Å². The first-order valence-corrected chi connectivity index (χ1v) is 7.83. The van der Waals surface area contributed by atoms with Gasteiger partial charge in [-0.25, -0.2) is 0 Å². The predicted octanol–water partition coefficient (Wildman–Crippen LogP) is 3.93. The van der Waals surface area contributed by atoms with E-state index in [1.165, 1.54) is 64.3 Å². The Bertz CT molecular complexity index is 276. The fourth-order valence-corrected chi connectivity index (χ4v) is 2.35. The van der Waals surface area contributed by atoms with E-state index in [9.17, 15) is 0 Å². The molecule has 2 heteroatoms. The van der Waals surface area contributed by atoms with Crippen LogP contribution in [-0.4, -0.2) is 6.54 Å². The van der Waals surface area contributed by atoms with Gasteiger partial charge in [-0.15, -0.1) is 0 Å². The third-order valence-electron chi connectivity index (χ3n) is 3.52. The van der Waals surface area contributed by atoms with Crippen molar-refractivity contribution in [1.82, 2.24) is 0 Å². The average molecular weight is 262 g/mol. The normalized spacial score (nSPS) is 16.8. The predicted molar refractivity (Wildman–Crippen MR) is 80.9 cm³/mol. The zero-order chi connectivity index (χ0) is 14.3. The number of nitrogens with zero attached hydrogens (tertiary/aromatic N) is 1. The van der Waals surface area contributed by atoms with Crippen LogP contribution in [-0.2, 0) is 0 Å². The van der Waals surface area contributed by atoms with Crippen molar-refractivity contribution in [2.24, 2.45) is 0 Å². The maximum absolute atomic E-state index is 6.25. The lowest BCUT2D eigenvalue weighted by atomic mass is 10.1. The van der Waals surface area contributed by atoms with E-state index in [-0.39, 0.29) is 0 Å². The quantitative estimate of drug-likeness (QED) is 0.469. The molecule has 1 rings (SSSR count). The monoisotopic (exact) mass is 262 g/mol. The van der Waals surface area contributed by atoms with Gasteiger partial charge in [-0.3, -0.25) is 4.90 Å². The van der Waals surface area contributed by atoms with E-state index in [4.69, 9.17) is 11.8 Å². The van der Waals surface area contributed by atoms with Gasteiger partial charge in [0, 0.05) is 11.6 Å². The topological polar surface area (TPSA) is 28.2 Å². The number of allylic oxidation sites excluding steroid dienone is 2. The molecule has 19 heavy (non-hydrogen) atoms. The number of rotatable bonds is 10. The second kappa shape index (κ2) is 13.4. The van der Waals surface area contributed by atoms with Gasteiger partial charge in [0.2, 0.25) is 0 Å². The second-order valence-corrected chi connectivity index (χ2v) is 5.25. The molecule has 0 saturated heterocycles. The van der Waals surface area contributed by atoms with Gasteiger partial charge in [-0.05, 0) is 25.7 Å². The van der Waals surface area contributed by atoms with Crippen molar-refractivity contribution in [3.05, 3.63) is 30.6 Å². The van der Waals surface area contributed by atoms with Crippen LogP contribution in [0.5, 0.6) is 0 Å². The summed E-state index contributed by atoms with van der Waals surface area (Å²) >= 11 is 0. The van der Waals surface area contributed by atoms with Crippen LogP contribution in [0.3, 0.4) is 0 Å². The minimum absolute atomic E-state index is 1.27. The third-order valence-corrected chi connectivity index (χ3v) is 3.52. The maximum atomic E-state index is 6.25. The molecule has 108 valence electrons. The molecular formula is C17H30N2. The first-order chi connectivity index (χ1) is 9.36. The lowest BCUT2D eigenvalue weighted by Crippen LogP contribution is -3.01. The summed E-state index contributed by atoms with van der Waals surface area (Å²) in [4.78, 5) is 1.56. The summed E-state index contributed by atoms with van der Waals surface area (Å²) in [5, 5.41) is 6.25. The van der Waals surface area contributed by atoms with Crippen LogP contribution in [0.1, 0.15) is 71.6 Å². The Morgan fingerprint density at radius 2 is 1.58 bits per heavy atom. The summed E-state index contributed by atoms with van der Waals surface area (Å²) in [6.45, 7) is 10.6. The minimum atomic E-state index is 1.27. The van der Waals surface area contributed by atoms with Gasteiger partial charge < -0.3 is 11.8 Å². The Labute approximate surface area is 119 Å². The van der Waals surface area contributed by atoms with Gasteiger partial charge in [0.25, 0.3) is 0 Å². The number of hydrogen-bond donors (Lipinski definition) is 1. The SMILES string of the molecule is CCCCCCCC[NH+]1C=CC(CCCC)=C1.[C-]#N. The fourth-order valence-electron chi connectivity index (χ4n) is 2.35. The van der Waals surface area contributed by atoms with E-state index in [1.54, 1.807) is 10.5 Å². The van der Waals surface area contributed by atoms with Crippen LogP contribution in [0, 0.1) is 11.8 Å². The van der Waals surface area contributed by atoms with Gasteiger partial charge in [-0.1, -0.05) is 46.0 Å². The Balaban J connectivity index is 0.00000154. The van der Waals surface area contributed by atoms with Crippen molar-refractivity contribution in [2.75, 3.05) is 6.54 Å². The number of hydrogen-bond acceptors (Lipinski definition) is 1. The molecule has 0 spiro atoms. The summed E-state index contributed by atoms with van der Waals surface area (Å²) in [6.07, 6.45) is 19.4. The fraction of sp³-hybridized carbons (Fsp3) is 0.706. The van der Waals surface area contributed by atoms with E-state index in [0.29, 0.717) is 0 Å². The molecule has 1 aliphatic rings. The molecule has 0 aromatic rings. The molecule has 1 unspecified atom stereocenters. The summed E-state index contributed by atoms with van der Waals surface area (Å²) in [6, 6.07) is 0. The molecule has 0 fully saturated rings. The molecule has 0 aromatic heterocycles. The molecule has 1 aliphatic heterocycles. The van der Waals surface area contributed by atoms with E-state index in [2.05, 4.69) is 32.3 Å². The summed E-state index contributed by atoms with van der Waals surface area (Å²) < 4.78 is 0. The van der Waals surface area contributed by atoms with Crippen LogP contribution in [0.4, 0.5) is 0 Å². The molecule has 0 saturated carbocycles. The van der Waals surface area contributed by atoms with Crippen LogP contribution < -0.4 is 4.90 Å². The van der Waals surface area contributed by atoms with E-state index in [1.807, 2.05) is 0 Å². The molecule has 2 nitrogen and oxygen atoms in total. The Morgan fingerprint density at radius 1 is 0.947 bits per heavy atom. The summed E-state index contributed by atoms with van der Waals surface area (Å²) in [5.41, 5.74) is 1.55. The van der Waals surface area contributed by atoms with Gasteiger partial charge >= 0.3 is 0 Å². The van der Waals surface area contributed by atoms with Crippen molar-refractivity contribution < 1.29 is 4.90 Å². The maximum Gasteiger partial charge on any atom is 0.102 e. The lowest BCUT2D eigenvalue weighted by molar-refractivity contribution is -0.788. The van der Waals surface area contributed by atoms with Crippen molar-refractivity contribution in [1.29, 1.82) is 5.26 Å². The summed E-state index contributed by atoms with van der Waals surface area (Å²) in [5.74, 6) is 0. The van der Waals surface area contributed by atoms with Crippen LogP contribution in [0.2, 0.25) is 0 Å². The smallest absolute Gasteiger partial charge is 0.102 e. The molecule has 1 atom stereocenters. The molecular weight excluding hydrogens is 232 g/mol. The molecule has 1 heterocycles. The lowest BCUT2D eigenvalue weighted by Gasteiger charge is -2.06. The molecule has 0 amide bonds. The Hall–Kier alpha value is -1.07. The largest absolute Gasteiger partial charge is 0.512 e. The second-order valence-electron chi connectivity index (χ2n) is 5.25. The summed E-state index contributed by atoms with van der Waals surface area (Å²) in [7, 11) is 0. The van der Waals surface area contributed by atoms with E-state index < -0.39 is 0 Å².